The van der Waals surface area contributed by atoms with Crippen LogP contribution >= 0.6 is 0 Å². The quantitative estimate of drug-likeness (QED) is 0.636. The Balaban J connectivity index is 2.38. The molecule has 0 atom stereocenters. The van der Waals surface area contributed by atoms with E-state index in [9.17, 15) is 0 Å². The maximum absolute atomic E-state index is 5.56. The Labute approximate surface area is 72.3 Å². The van der Waals surface area contributed by atoms with Gasteiger partial charge >= 0.3 is 0 Å². The molecule has 0 fully saturated rings. The Morgan fingerprint density at radius 3 is 3.17 bits per heavy atom. The molecule has 1 aromatic rings. The van der Waals surface area contributed by atoms with Gasteiger partial charge in [-0.25, -0.2) is 4.68 Å². The summed E-state index contributed by atoms with van der Waals surface area (Å²) in [6.45, 7) is 5.07. The molecule has 0 saturated heterocycles. The van der Waals surface area contributed by atoms with Gasteiger partial charge in [-0.15, -0.1) is 0 Å². The summed E-state index contributed by atoms with van der Waals surface area (Å²) in [7, 11) is 0. The summed E-state index contributed by atoms with van der Waals surface area (Å²) in [5, 5.41) is 4.29. The molecule has 0 unspecified atom stereocenters. The lowest BCUT2D eigenvalue weighted by Crippen LogP contribution is -2.12. The van der Waals surface area contributed by atoms with Gasteiger partial charge in [0.05, 0.1) is 18.8 Å². The minimum absolute atomic E-state index is 0.395. The van der Waals surface area contributed by atoms with E-state index in [-0.39, 0.29) is 0 Å². The van der Waals surface area contributed by atoms with Crippen molar-refractivity contribution < 1.29 is 4.74 Å². The molecule has 0 bridgehead atoms. The first-order chi connectivity index (χ1) is 5.79. The molecule has 1 aromatic heterocycles. The third-order valence-electron chi connectivity index (χ3n) is 2.14. The van der Waals surface area contributed by atoms with Crippen LogP contribution in [0.4, 0.5) is 0 Å². The van der Waals surface area contributed by atoms with Gasteiger partial charge in [-0.3, -0.25) is 0 Å². The number of aryl methyl sites for hydroxylation is 1. The molecule has 0 saturated carbocycles. The molecule has 12 heavy (non-hydrogen) atoms. The number of ether oxygens (including phenoxy) is 1. The molecule has 0 aliphatic carbocycles. The van der Waals surface area contributed by atoms with E-state index in [4.69, 9.17) is 4.74 Å². The van der Waals surface area contributed by atoms with Gasteiger partial charge in [-0.2, -0.15) is 5.10 Å². The molecular weight excluding hydrogens is 152 g/mol. The summed E-state index contributed by atoms with van der Waals surface area (Å²) in [5.74, 6) is 0.983. The van der Waals surface area contributed by atoms with Gasteiger partial charge in [-0.1, -0.05) is 0 Å². The number of nitrogens with zero attached hydrogens (tertiary/aromatic N) is 2. The van der Waals surface area contributed by atoms with Crippen molar-refractivity contribution in [1.82, 2.24) is 9.78 Å². The van der Waals surface area contributed by atoms with Crippen LogP contribution in [0.25, 0.3) is 0 Å². The van der Waals surface area contributed by atoms with Crippen molar-refractivity contribution in [2.75, 3.05) is 6.61 Å². The van der Waals surface area contributed by atoms with E-state index in [1.54, 1.807) is 0 Å². The molecule has 3 nitrogen and oxygen atoms in total. The normalized spacial score (nSPS) is 15.9. The summed E-state index contributed by atoms with van der Waals surface area (Å²) in [6, 6.07) is 0.395. The third kappa shape index (κ3) is 1.09. The monoisotopic (exact) mass is 166 g/mol. The Morgan fingerprint density at radius 1 is 1.58 bits per heavy atom. The second-order valence-electron chi connectivity index (χ2n) is 3.47. The first kappa shape index (κ1) is 7.65. The van der Waals surface area contributed by atoms with E-state index in [2.05, 4.69) is 18.9 Å². The molecular formula is C9H14N2O. The molecule has 3 heteroatoms. The highest BCUT2D eigenvalue weighted by Gasteiger charge is 2.17. The highest BCUT2D eigenvalue weighted by molar-refractivity contribution is 5.26. The number of rotatable bonds is 1. The molecule has 66 valence electrons. The van der Waals surface area contributed by atoms with Crippen molar-refractivity contribution in [2.24, 2.45) is 0 Å². The van der Waals surface area contributed by atoms with Crippen molar-refractivity contribution in [3.05, 3.63) is 11.8 Å². The van der Waals surface area contributed by atoms with Crippen LogP contribution < -0.4 is 4.74 Å². The standard InChI is InChI=1S/C9H14N2O/c1-7(2)11-9-8(6-10-11)4-3-5-12-9/h6-7H,3-5H2,1-2H3. The molecule has 2 rings (SSSR count). The van der Waals surface area contributed by atoms with Crippen LogP contribution in [0.15, 0.2) is 6.20 Å². The average Bonchev–Trinajstić information content (AvgIpc) is 2.47. The maximum Gasteiger partial charge on any atom is 0.215 e. The fraction of sp³-hybridized carbons (Fsp3) is 0.667. The number of fused-ring (bicyclic) bond motifs is 1. The third-order valence-corrected chi connectivity index (χ3v) is 2.14. The van der Waals surface area contributed by atoms with Crippen LogP contribution in [0.2, 0.25) is 0 Å². The molecule has 1 aliphatic heterocycles. The van der Waals surface area contributed by atoms with E-state index in [0.29, 0.717) is 6.04 Å². The van der Waals surface area contributed by atoms with Crippen LogP contribution in [-0.4, -0.2) is 16.4 Å². The van der Waals surface area contributed by atoms with Gasteiger partial charge < -0.3 is 4.74 Å². The summed E-state index contributed by atoms with van der Waals surface area (Å²) in [4.78, 5) is 0. The largest absolute Gasteiger partial charge is 0.478 e. The van der Waals surface area contributed by atoms with E-state index < -0.39 is 0 Å². The van der Waals surface area contributed by atoms with Crippen molar-refractivity contribution in [2.45, 2.75) is 32.7 Å². The molecule has 0 aromatic carbocycles. The highest BCUT2D eigenvalue weighted by Crippen LogP contribution is 2.26. The van der Waals surface area contributed by atoms with Crippen molar-refractivity contribution in [3.63, 3.8) is 0 Å². The lowest BCUT2D eigenvalue weighted by Gasteiger charge is -2.16. The van der Waals surface area contributed by atoms with E-state index in [1.165, 1.54) is 5.56 Å². The summed E-state index contributed by atoms with van der Waals surface area (Å²) >= 11 is 0. The highest BCUT2D eigenvalue weighted by atomic mass is 16.5. The Kier molecular flexibility index (Phi) is 1.79. The Bertz CT molecular complexity index is 278. The second-order valence-corrected chi connectivity index (χ2v) is 3.47. The molecule has 2 heterocycles. The predicted molar refractivity (Wildman–Crippen MR) is 46.4 cm³/mol. The lowest BCUT2D eigenvalue weighted by atomic mass is 10.1. The second kappa shape index (κ2) is 2.81. The first-order valence-electron chi connectivity index (χ1n) is 4.48. The number of aromatic nitrogens is 2. The minimum atomic E-state index is 0.395. The van der Waals surface area contributed by atoms with E-state index >= 15 is 0 Å². The predicted octanol–water partition coefficient (Wildman–Crippen LogP) is 1.79. The van der Waals surface area contributed by atoms with Crippen LogP contribution in [0, 0.1) is 0 Å². The summed E-state index contributed by atoms with van der Waals surface area (Å²) in [5.41, 5.74) is 1.26. The summed E-state index contributed by atoms with van der Waals surface area (Å²) in [6.07, 6.45) is 4.16. The van der Waals surface area contributed by atoms with E-state index in [0.717, 1.165) is 25.3 Å². The number of hydrogen-bond donors (Lipinski definition) is 0. The van der Waals surface area contributed by atoms with Crippen molar-refractivity contribution >= 4 is 0 Å². The molecule has 0 amide bonds. The minimum Gasteiger partial charge on any atom is -0.478 e. The Morgan fingerprint density at radius 2 is 2.42 bits per heavy atom. The molecule has 0 spiro atoms. The SMILES string of the molecule is CC(C)n1ncc2c1OCCC2. The molecule has 1 aliphatic rings. The van der Waals surface area contributed by atoms with Crippen LogP contribution in [0.3, 0.4) is 0 Å². The van der Waals surface area contributed by atoms with Crippen molar-refractivity contribution in [1.29, 1.82) is 0 Å². The van der Waals surface area contributed by atoms with Gasteiger partial charge in [0.1, 0.15) is 0 Å². The van der Waals surface area contributed by atoms with Gasteiger partial charge in [-0.05, 0) is 26.7 Å². The number of hydrogen-bond acceptors (Lipinski definition) is 2. The maximum atomic E-state index is 5.56. The van der Waals surface area contributed by atoms with Crippen LogP contribution in [0.5, 0.6) is 5.88 Å². The molecule has 0 N–H and O–H groups in total. The topological polar surface area (TPSA) is 27.1 Å². The molecule has 0 radical (unpaired) electrons. The fourth-order valence-corrected chi connectivity index (χ4v) is 1.52. The smallest absolute Gasteiger partial charge is 0.215 e. The Hall–Kier alpha value is -0.990. The van der Waals surface area contributed by atoms with Gasteiger partial charge in [0.15, 0.2) is 0 Å². The fourth-order valence-electron chi connectivity index (χ4n) is 1.52. The van der Waals surface area contributed by atoms with Crippen LogP contribution in [0.1, 0.15) is 31.9 Å². The first-order valence-corrected chi connectivity index (χ1v) is 4.48. The van der Waals surface area contributed by atoms with Gasteiger partial charge in [0, 0.05) is 5.56 Å². The summed E-state index contributed by atoms with van der Waals surface area (Å²) < 4.78 is 7.51. The zero-order chi connectivity index (χ0) is 8.55. The van der Waals surface area contributed by atoms with Crippen molar-refractivity contribution in [3.8, 4) is 5.88 Å². The van der Waals surface area contributed by atoms with Gasteiger partial charge in [0.2, 0.25) is 5.88 Å². The zero-order valence-electron chi connectivity index (χ0n) is 7.58. The zero-order valence-corrected chi connectivity index (χ0v) is 7.58. The van der Waals surface area contributed by atoms with Crippen LogP contribution in [-0.2, 0) is 6.42 Å². The van der Waals surface area contributed by atoms with Gasteiger partial charge in [0.25, 0.3) is 0 Å². The lowest BCUT2D eigenvalue weighted by molar-refractivity contribution is 0.252. The average molecular weight is 166 g/mol. The van der Waals surface area contributed by atoms with E-state index in [1.807, 2.05) is 10.9 Å².